The van der Waals surface area contributed by atoms with Crippen molar-refractivity contribution in [3.05, 3.63) is 18.3 Å². The predicted molar refractivity (Wildman–Crippen MR) is 76.8 cm³/mol. The molecule has 0 aliphatic carbocycles. The molecule has 0 radical (unpaired) electrons. The van der Waals surface area contributed by atoms with Gasteiger partial charge in [-0.3, -0.25) is 4.79 Å². The summed E-state index contributed by atoms with van der Waals surface area (Å²) >= 11 is 0. The van der Waals surface area contributed by atoms with Crippen LogP contribution in [0.3, 0.4) is 0 Å². The molecule has 23 heavy (non-hydrogen) atoms. The first kappa shape index (κ1) is 19.1. The van der Waals surface area contributed by atoms with Gasteiger partial charge in [-0.1, -0.05) is 13.3 Å². The maximum absolute atomic E-state index is 12.7. The quantitative estimate of drug-likeness (QED) is 0.715. The lowest BCUT2D eigenvalue weighted by Gasteiger charge is -2.22. The van der Waals surface area contributed by atoms with E-state index in [9.17, 15) is 22.4 Å². The molecule has 1 aromatic heterocycles. The van der Waals surface area contributed by atoms with Crippen molar-refractivity contribution in [3.63, 3.8) is 0 Å². The van der Waals surface area contributed by atoms with Gasteiger partial charge in [-0.15, -0.1) is 0 Å². The summed E-state index contributed by atoms with van der Waals surface area (Å²) in [5.74, 6) is -4.93. The molecule has 0 aliphatic heterocycles. The third kappa shape index (κ3) is 5.66. The molecule has 3 N–H and O–H groups in total. The molecule has 1 heterocycles. The third-order valence-electron chi connectivity index (χ3n) is 3.01. The Kier molecular flexibility index (Phi) is 6.31. The molecule has 0 saturated heterocycles. The highest BCUT2D eigenvalue weighted by Gasteiger charge is 2.41. The molecule has 130 valence electrons. The predicted octanol–water partition coefficient (Wildman–Crippen LogP) is 2.82. The van der Waals surface area contributed by atoms with E-state index in [-0.39, 0.29) is 11.6 Å². The highest BCUT2D eigenvalue weighted by atomic mass is 19.3. The Balaban J connectivity index is 2.62. The van der Waals surface area contributed by atoms with Crippen LogP contribution in [0.5, 0.6) is 5.88 Å². The molecule has 0 bridgehead atoms. The van der Waals surface area contributed by atoms with E-state index in [1.807, 2.05) is 6.92 Å². The van der Waals surface area contributed by atoms with E-state index < -0.39 is 30.4 Å². The number of nitrogens with one attached hydrogen (secondary N) is 1. The number of aromatic nitrogens is 1. The zero-order valence-electron chi connectivity index (χ0n) is 12.8. The van der Waals surface area contributed by atoms with Crippen molar-refractivity contribution in [2.75, 3.05) is 11.9 Å². The molecule has 1 rings (SSSR count). The van der Waals surface area contributed by atoms with Gasteiger partial charge >= 0.3 is 12.3 Å². The van der Waals surface area contributed by atoms with Crippen LogP contribution in [-0.2, 0) is 4.79 Å². The second-order valence-corrected chi connectivity index (χ2v) is 5.36. The van der Waals surface area contributed by atoms with E-state index in [0.717, 1.165) is 12.6 Å². The Labute approximate surface area is 131 Å². The van der Waals surface area contributed by atoms with Crippen molar-refractivity contribution >= 4 is 11.6 Å². The molecule has 0 aliphatic rings. The highest BCUT2D eigenvalue weighted by molar-refractivity contribution is 5.97. The van der Waals surface area contributed by atoms with Gasteiger partial charge in [-0.2, -0.15) is 8.78 Å². The molecule has 0 aromatic carbocycles. The fourth-order valence-electron chi connectivity index (χ4n) is 1.68. The van der Waals surface area contributed by atoms with Gasteiger partial charge in [0.1, 0.15) is 0 Å². The van der Waals surface area contributed by atoms with Crippen LogP contribution in [0, 0.1) is 0 Å². The molecule has 1 amide bonds. The van der Waals surface area contributed by atoms with Gasteiger partial charge in [0, 0.05) is 6.07 Å². The molecule has 1 unspecified atom stereocenters. The molecule has 9 heteroatoms. The molecule has 0 saturated carbocycles. The lowest BCUT2D eigenvalue weighted by molar-refractivity contribution is -0.148. The number of carbonyl (C=O) groups excluding carboxylic acids is 1. The van der Waals surface area contributed by atoms with Crippen LogP contribution >= 0.6 is 0 Å². The number of alkyl halides is 4. The number of amides is 1. The second kappa shape index (κ2) is 7.58. The van der Waals surface area contributed by atoms with Gasteiger partial charge in [0.2, 0.25) is 11.8 Å². The fourth-order valence-corrected chi connectivity index (χ4v) is 1.68. The topological polar surface area (TPSA) is 77.2 Å². The van der Waals surface area contributed by atoms with Gasteiger partial charge in [-0.25, -0.2) is 13.8 Å². The minimum absolute atomic E-state index is 0.257. The smallest absolute Gasteiger partial charge is 0.340 e. The van der Waals surface area contributed by atoms with E-state index >= 15 is 0 Å². The lowest BCUT2D eigenvalue weighted by Crippen LogP contribution is -2.48. The van der Waals surface area contributed by atoms with Crippen molar-refractivity contribution in [2.24, 2.45) is 5.73 Å². The molecule has 0 spiro atoms. The van der Waals surface area contributed by atoms with E-state index in [2.05, 4.69) is 15.0 Å². The molecular formula is C14H19F4N3O2. The summed E-state index contributed by atoms with van der Waals surface area (Å²) < 4.78 is 53.9. The molecular weight excluding hydrogens is 318 g/mol. The highest BCUT2D eigenvalue weighted by Crippen LogP contribution is 2.24. The molecule has 1 aromatic rings. The molecule has 0 fully saturated rings. The maximum atomic E-state index is 12.7. The van der Waals surface area contributed by atoms with Crippen LogP contribution < -0.4 is 15.8 Å². The summed E-state index contributed by atoms with van der Waals surface area (Å²) in [6.45, 7) is 1.99. The number of hydrogen-bond acceptors (Lipinski definition) is 4. The third-order valence-corrected chi connectivity index (χ3v) is 3.01. The van der Waals surface area contributed by atoms with Crippen LogP contribution in [0.4, 0.5) is 23.2 Å². The normalized spacial score (nSPS) is 14.4. The monoisotopic (exact) mass is 337 g/mol. The minimum Gasteiger partial charge on any atom is -0.471 e. The zero-order valence-corrected chi connectivity index (χ0v) is 12.8. The van der Waals surface area contributed by atoms with Gasteiger partial charge < -0.3 is 15.8 Å². The second-order valence-electron chi connectivity index (χ2n) is 5.36. The Hall–Kier alpha value is -1.90. The van der Waals surface area contributed by atoms with Crippen LogP contribution in [0.15, 0.2) is 18.3 Å². The first-order chi connectivity index (χ1) is 10.6. The fraction of sp³-hybridized carbons (Fsp3) is 0.571. The minimum atomic E-state index is -4.25. The van der Waals surface area contributed by atoms with Gasteiger partial charge in [0.05, 0.1) is 17.4 Å². The number of nitrogens with two attached hydrogens (primary N) is 1. The van der Waals surface area contributed by atoms with E-state index in [0.29, 0.717) is 6.42 Å². The summed E-state index contributed by atoms with van der Waals surface area (Å²) in [6, 6.07) is 2.54. The standard InChI is InChI=1S/C14H19F4N3O2/c1-3-6-13(2,19)12(22)21-9-4-5-10(20-7-9)23-8-14(17,18)11(15)16/h4-5,7,11H,3,6,8,19H2,1-2H3,(H,21,22). The lowest BCUT2D eigenvalue weighted by atomic mass is 9.96. The van der Waals surface area contributed by atoms with Crippen LogP contribution in [0.1, 0.15) is 26.7 Å². The Bertz CT molecular complexity index is 521. The molecule has 1 atom stereocenters. The van der Waals surface area contributed by atoms with Crippen molar-refractivity contribution < 1.29 is 27.1 Å². The Morgan fingerprint density at radius 3 is 2.57 bits per heavy atom. The zero-order chi connectivity index (χ0) is 17.7. The van der Waals surface area contributed by atoms with Crippen LogP contribution in [0.2, 0.25) is 0 Å². The number of ether oxygens (including phenoxy) is 1. The van der Waals surface area contributed by atoms with Crippen LogP contribution in [0.25, 0.3) is 0 Å². The van der Waals surface area contributed by atoms with E-state index in [4.69, 9.17) is 5.73 Å². The van der Waals surface area contributed by atoms with E-state index in [1.54, 1.807) is 6.92 Å². The number of nitrogens with zero attached hydrogens (tertiary/aromatic N) is 1. The van der Waals surface area contributed by atoms with Gasteiger partial charge in [-0.05, 0) is 19.4 Å². The van der Waals surface area contributed by atoms with Gasteiger partial charge in [0.15, 0.2) is 6.61 Å². The number of halogens is 4. The van der Waals surface area contributed by atoms with Crippen molar-refractivity contribution in [1.29, 1.82) is 0 Å². The summed E-state index contributed by atoms with van der Waals surface area (Å²) in [5, 5.41) is 2.53. The van der Waals surface area contributed by atoms with Crippen molar-refractivity contribution in [2.45, 2.75) is 44.6 Å². The summed E-state index contributed by atoms with van der Waals surface area (Å²) in [4.78, 5) is 15.6. The number of rotatable bonds is 8. The largest absolute Gasteiger partial charge is 0.471 e. The maximum Gasteiger partial charge on any atom is 0.340 e. The number of anilines is 1. The average Bonchev–Trinajstić information content (AvgIpc) is 2.46. The van der Waals surface area contributed by atoms with Crippen LogP contribution in [-0.4, -0.2) is 35.4 Å². The first-order valence-corrected chi connectivity index (χ1v) is 6.93. The number of hydrogen-bond donors (Lipinski definition) is 2. The Morgan fingerprint density at radius 1 is 1.43 bits per heavy atom. The number of pyridine rings is 1. The van der Waals surface area contributed by atoms with Crippen molar-refractivity contribution in [1.82, 2.24) is 4.98 Å². The average molecular weight is 337 g/mol. The summed E-state index contributed by atoms with van der Waals surface area (Å²) in [7, 11) is 0. The Morgan fingerprint density at radius 2 is 2.09 bits per heavy atom. The number of carbonyl (C=O) groups is 1. The van der Waals surface area contributed by atoms with E-state index in [1.165, 1.54) is 12.1 Å². The van der Waals surface area contributed by atoms with Gasteiger partial charge in [0.25, 0.3) is 0 Å². The SMILES string of the molecule is CCCC(C)(N)C(=O)Nc1ccc(OCC(F)(F)C(F)F)nc1. The summed E-state index contributed by atoms with van der Waals surface area (Å²) in [5.41, 5.74) is 5.10. The first-order valence-electron chi connectivity index (χ1n) is 6.93. The summed E-state index contributed by atoms with van der Waals surface area (Å²) in [6.07, 6.45) is -1.45. The van der Waals surface area contributed by atoms with Crippen molar-refractivity contribution in [3.8, 4) is 5.88 Å². The molecule has 5 nitrogen and oxygen atoms in total.